The van der Waals surface area contributed by atoms with E-state index in [-0.39, 0.29) is 11.3 Å². The van der Waals surface area contributed by atoms with Crippen LogP contribution in [0.1, 0.15) is 37.8 Å². The van der Waals surface area contributed by atoms with E-state index in [4.69, 9.17) is 20.0 Å². The van der Waals surface area contributed by atoms with Crippen molar-refractivity contribution in [3.63, 3.8) is 0 Å². The predicted octanol–water partition coefficient (Wildman–Crippen LogP) is 4.58. The van der Waals surface area contributed by atoms with Crippen molar-refractivity contribution in [2.24, 2.45) is 5.41 Å². The monoisotopic (exact) mass is 306 g/mol. The summed E-state index contributed by atoms with van der Waals surface area (Å²) in [7, 11) is 0. The Morgan fingerprint density at radius 2 is 1.09 bits per heavy atom. The van der Waals surface area contributed by atoms with Gasteiger partial charge in [-0.15, -0.1) is 10.5 Å². The van der Waals surface area contributed by atoms with Crippen molar-refractivity contribution in [1.82, 2.24) is 0 Å². The molecule has 0 saturated heterocycles. The molecule has 0 bridgehead atoms. The molecule has 0 aromatic heterocycles. The van der Waals surface area contributed by atoms with Crippen LogP contribution in [0.5, 0.6) is 11.5 Å². The highest BCUT2D eigenvalue weighted by Crippen LogP contribution is 2.41. The molecule has 0 atom stereocenters. The van der Waals surface area contributed by atoms with E-state index in [1.807, 2.05) is 24.3 Å². The first kappa shape index (κ1) is 16.4. The molecule has 0 saturated carbocycles. The number of hydrogen-bond acceptors (Lipinski definition) is 4. The van der Waals surface area contributed by atoms with E-state index in [0.29, 0.717) is 11.5 Å². The highest BCUT2D eigenvalue weighted by molar-refractivity contribution is 5.40. The number of nitrogens with zero attached hydrogens (tertiary/aromatic N) is 2. The molecule has 0 heterocycles. The van der Waals surface area contributed by atoms with Gasteiger partial charge < -0.3 is 9.47 Å². The van der Waals surface area contributed by atoms with Gasteiger partial charge in [-0.05, 0) is 40.8 Å². The fourth-order valence-corrected chi connectivity index (χ4v) is 2.75. The first-order chi connectivity index (χ1) is 11.0. The van der Waals surface area contributed by atoms with E-state index < -0.39 is 0 Å². The molecule has 0 aliphatic heterocycles. The lowest BCUT2D eigenvalue weighted by atomic mass is 9.72. The number of ether oxygens (including phenoxy) is 2. The summed E-state index contributed by atoms with van der Waals surface area (Å²) in [6.07, 6.45) is 3.35. The van der Waals surface area contributed by atoms with Crippen molar-refractivity contribution in [3.8, 4) is 24.0 Å². The van der Waals surface area contributed by atoms with Gasteiger partial charge in [0.15, 0.2) is 0 Å². The number of hydrogen-bond donors (Lipinski definition) is 0. The standard InChI is InChI=1S/C19H18N2O2/c1-19(2,3)18(14-4-8-16(9-5-14)22-12-20)15-6-10-17(11-7-15)23-13-21/h4-11,18H,1-3H3. The molecule has 116 valence electrons. The Hall–Kier alpha value is -2.98. The summed E-state index contributed by atoms with van der Waals surface area (Å²) in [5.41, 5.74) is 2.27. The molecule has 0 unspecified atom stereocenters. The van der Waals surface area contributed by atoms with Crippen LogP contribution >= 0.6 is 0 Å². The third kappa shape index (κ3) is 4.02. The highest BCUT2D eigenvalue weighted by atomic mass is 16.5. The maximum Gasteiger partial charge on any atom is 0.292 e. The van der Waals surface area contributed by atoms with Crippen LogP contribution in [-0.4, -0.2) is 0 Å². The maximum absolute atomic E-state index is 8.57. The Labute approximate surface area is 136 Å². The van der Waals surface area contributed by atoms with Gasteiger partial charge in [-0.25, -0.2) is 0 Å². The predicted molar refractivity (Wildman–Crippen MR) is 86.7 cm³/mol. The van der Waals surface area contributed by atoms with Gasteiger partial charge in [0, 0.05) is 5.92 Å². The lowest BCUT2D eigenvalue weighted by Gasteiger charge is -2.32. The quantitative estimate of drug-likeness (QED) is 0.775. The van der Waals surface area contributed by atoms with Crippen LogP contribution in [0.25, 0.3) is 0 Å². The summed E-state index contributed by atoms with van der Waals surface area (Å²) in [6, 6.07) is 15.1. The van der Waals surface area contributed by atoms with Crippen molar-refractivity contribution in [2.45, 2.75) is 26.7 Å². The minimum absolute atomic E-state index is 0.00476. The first-order valence-corrected chi connectivity index (χ1v) is 7.27. The summed E-state index contributed by atoms with van der Waals surface area (Å²) >= 11 is 0. The van der Waals surface area contributed by atoms with Crippen LogP contribution in [-0.2, 0) is 0 Å². The average Bonchev–Trinajstić information content (AvgIpc) is 2.50. The maximum atomic E-state index is 8.57. The van der Waals surface area contributed by atoms with Crippen molar-refractivity contribution in [2.75, 3.05) is 0 Å². The summed E-state index contributed by atoms with van der Waals surface area (Å²) in [6.45, 7) is 6.53. The van der Waals surface area contributed by atoms with Crippen LogP contribution in [0.3, 0.4) is 0 Å². The SMILES string of the molecule is CC(C)(C)C(c1ccc(OC#N)cc1)c1ccc(OC#N)cc1. The molecule has 23 heavy (non-hydrogen) atoms. The van der Waals surface area contributed by atoms with Gasteiger partial charge in [0.05, 0.1) is 0 Å². The van der Waals surface area contributed by atoms with E-state index in [2.05, 4.69) is 20.8 Å². The molecule has 0 aliphatic rings. The molecule has 0 fully saturated rings. The zero-order chi connectivity index (χ0) is 16.9. The Morgan fingerprint density at radius 3 is 1.35 bits per heavy atom. The molecular formula is C19H18N2O2. The molecular weight excluding hydrogens is 288 g/mol. The van der Waals surface area contributed by atoms with Gasteiger partial charge in [0.2, 0.25) is 0 Å². The van der Waals surface area contributed by atoms with Crippen LogP contribution in [0.15, 0.2) is 48.5 Å². The van der Waals surface area contributed by atoms with Crippen molar-refractivity contribution in [3.05, 3.63) is 59.7 Å². The molecule has 2 rings (SSSR count). The zero-order valence-corrected chi connectivity index (χ0v) is 13.4. The van der Waals surface area contributed by atoms with Crippen molar-refractivity contribution in [1.29, 1.82) is 10.5 Å². The van der Waals surface area contributed by atoms with Gasteiger partial charge in [0.25, 0.3) is 12.5 Å². The Kier molecular flexibility index (Phi) is 4.88. The fourth-order valence-electron chi connectivity index (χ4n) is 2.75. The second-order valence-electron chi connectivity index (χ2n) is 6.32. The van der Waals surface area contributed by atoms with Crippen molar-refractivity contribution >= 4 is 0 Å². The third-order valence-electron chi connectivity index (χ3n) is 3.62. The Balaban J connectivity index is 2.38. The summed E-state index contributed by atoms with van der Waals surface area (Å²) in [4.78, 5) is 0. The van der Waals surface area contributed by atoms with Gasteiger partial charge in [-0.2, -0.15) is 0 Å². The molecule has 0 N–H and O–H groups in total. The zero-order valence-electron chi connectivity index (χ0n) is 13.4. The van der Waals surface area contributed by atoms with E-state index in [9.17, 15) is 0 Å². The second-order valence-corrected chi connectivity index (χ2v) is 6.32. The van der Waals surface area contributed by atoms with Crippen LogP contribution in [0, 0.1) is 28.4 Å². The van der Waals surface area contributed by atoms with Gasteiger partial charge in [0.1, 0.15) is 11.5 Å². The smallest absolute Gasteiger partial charge is 0.292 e. The highest BCUT2D eigenvalue weighted by Gasteiger charge is 2.28. The van der Waals surface area contributed by atoms with E-state index in [1.54, 1.807) is 36.8 Å². The largest absolute Gasteiger partial charge is 0.388 e. The minimum Gasteiger partial charge on any atom is -0.388 e. The topological polar surface area (TPSA) is 66.0 Å². The fraction of sp³-hybridized carbons (Fsp3) is 0.263. The molecule has 0 radical (unpaired) electrons. The number of rotatable bonds is 4. The average molecular weight is 306 g/mol. The van der Waals surface area contributed by atoms with Gasteiger partial charge >= 0.3 is 0 Å². The molecule has 0 aliphatic carbocycles. The minimum atomic E-state index is -0.00476. The van der Waals surface area contributed by atoms with E-state index in [1.165, 1.54) is 0 Å². The van der Waals surface area contributed by atoms with Crippen molar-refractivity contribution < 1.29 is 9.47 Å². The third-order valence-corrected chi connectivity index (χ3v) is 3.62. The van der Waals surface area contributed by atoms with Crippen LogP contribution in [0.2, 0.25) is 0 Å². The summed E-state index contributed by atoms with van der Waals surface area (Å²) in [5, 5.41) is 17.1. The lowest BCUT2D eigenvalue weighted by molar-refractivity contribution is 0.358. The molecule has 2 aromatic rings. The van der Waals surface area contributed by atoms with Gasteiger partial charge in [-0.3, -0.25) is 0 Å². The molecule has 4 nitrogen and oxygen atoms in total. The molecule has 4 heteroatoms. The van der Waals surface area contributed by atoms with Gasteiger partial charge in [-0.1, -0.05) is 45.0 Å². The molecule has 0 spiro atoms. The van der Waals surface area contributed by atoms with E-state index in [0.717, 1.165) is 11.1 Å². The first-order valence-electron chi connectivity index (χ1n) is 7.27. The summed E-state index contributed by atoms with van der Waals surface area (Å²) in [5.74, 6) is 1.22. The normalized spacial score (nSPS) is 10.7. The number of benzene rings is 2. The Morgan fingerprint density at radius 1 is 0.739 bits per heavy atom. The van der Waals surface area contributed by atoms with Crippen LogP contribution in [0.4, 0.5) is 0 Å². The number of nitriles is 2. The molecule has 2 aromatic carbocycles. The Bertz CT molecular complexity index is 670. The van der Waals surface area contributed by atoms with E-state index >= 15 is 0 Å². The second kappa shape index (κ2) is 6.85. The van der Waals surface area contributed by atoms with Crippen LogP contribution < -0.4 is 9.47 Å². The summed E-state index contributed by atoms with van der Waals surface area (Å²) < 4.78 is 9.67. The molecule has 0 amide bonds. The lowest BCUT2D eigenvalue weighted by Crippen LogP contribution is -2.19.